The second kappa shape index (κ2) is 8.57. The largest absolute Gasteiger partial charge is 0.416 e. The van der Waals surface area contributed by atoms with Crippen molar-refractivity contribution < 1.29 is 45.5 Å². The zero-order valence-corrected chi connectivity index (χ0v) is 19.8. The number of piperidine rings is 1. The van der Waals surface area contributed by atoms with Crippen LogP contribution >= 0.6 is 0 Å². The molecule has 5 rings (SSSR count). The number of methoxy groups -OCH3 is 1. The molecule has 37 heavy (non-hydrogen) atoms. The molecule has 2 saturated heterocycles. The van der Waals surface area contributed by atoms with E-state index in [1.165, 1.54) is 12.0 Å². The van der Waals surface area contributed by atoms with Crippen LogP contribution in [0.4, 0.5) is 26.3 Å². The van der Waals surface area contributed by atoms with Crippen LogP contribution in [-0.2, 0) is 38.0 Å². The highest BCUT2D eigenvalue weighted by molar-refractivity contribution is 6.39. The first kappa shape index (κ1) is 25.7. The number of amides is 2. The molecule has 200 valence electrons. The Hall–Kier alpha value is -2.89. The lowest BCUT2D eigenvalue weighted by atomic mass is 9.82. The SMILES string of the molecule is COC1(C(=O)C(=O)N2C3CCCC2C2=Cc4cc(C(F)(F)F)cc(C(F)(F)F)c4CN2C3=O)CCCC1. The lowest BCUT2D eigenvalue weighted by Crippen LogP contribution is -2.66. The summed E-state index contributed by atoms with van der Waals surface area (Å²) < 4.78 is 87.1. The van der Waals surface area contributed by atoms with Crippen molar-refractivity contribution in [1.29, 1.82) is 0 Å². The predicted octanol–water partition coefficient (Wildman–Crippen LogP) is 4.70. The van der Waals surface area contributed by atoms with Crippen LogP contribution in [0.15, 0.2) is 17.8 Å². The standard InChI is InChI=1S/C25H24F6N2O4/c1-37-23(7-2-3-8-23)20(34)22(36)33-17-5-4-6-18(33)21(35)32-12-15-13(10-19(17)32)9-14(24(26,27)28)11-16(15)25(29,30)31/h9-11,17-18H,2-8,12H2,1H3. The molecule has 1 aromatic rings. The first-order valence-corrected chi connectivity index (χ1v) is 12.0. The molecular weight excluding hydrogens is 506 g/mol. The van der Waals surface area contributed by atoms with Crippen LogP contribution in [0.3, 0.4) is 0 Å². The smallest absolute Gasteiger partial charge is 0.370 e. The highest BCUT2D eigenvalue weighted by Crippen LogP contribution is 2.46. The zero-order valence-electron chi connectivity index (χ0n) is 19.8. The van der Waals surface area contributed by atoms with Gasteiger partial charge >= 0.3 is 12.4 Å². The molecule has 0 N–H and O–H groups in total. The van der Waals surface area contributed by atoms with Crippen LogP contribution in [0.1, 0.15) is 67.2 Å². The quantitative estimate of drug-likeness (QED) is 0.420. The van der Waals surface area contributed by atoms with E-state index in [1.54, 1.807) is 0 Å². The number of carbonyl (C=O) groups is 3. The Balaban J connectivity index is 1.60. The molecule has 0 aromatic heterocycles. The predicted molar refractivity (Wildman–Crippen MR) is 116 cm³/mol. The molecule has 2 unspecified atom stereocenters. The number of Topliss-reactive ketones (excluding diaryl/α,β-unsaturated/α-hetero) is 1. The molecule has 2 atom stereocenters. The lowest BCUT2D eigenvalue weighted by molar-refractivity contribution is -0.166. The Morgan fingerprint density at radius 1 is 0.973 bits per heavy atom. The summed E-state index contributed by atoms with van der Waals surface area (Å²) in [4.78, 5) is 42.6. The van der Waals surface area contributed by atoms with Crippen LogP contribution in [0.5, 0.6) is 0 Å². The van der Waals surface area contributed by atoms with Crippen LogP contribution < -0.4 is 0 Å². The van der Waals surface area contributed by atoms with E-state index in [4.69, 9.17) is 4.74 Å². The van der Waals surface area contributed by atoms with Crippen molar-refractivity contribution in [3.8, 4) is 0 Å². The van der Waals surface area contributed by atoms with Crippen LogP contribution in [-0.4, -0.2) is 52.2 Å². The van der Waals surface area contributed by atoms with Gasteiger partial charge in [-0.1, -0.05) is 0 Å². The second-order valence-corrected chi connectivity index (χ2v) is 9.99. The van der Waals surface area contributed by atoms with Crippen molar-refractivity contribution in [2.75, 3.05) is 7.11 Å². The summed E-state index contributed by atoms with van der Waals surface area (Å²) in [6.07, 6.45) is -5.84. The van der Waals surface area contributed by atoms with Crippen LogP contribution in [0.25, 0.3) is 6.08 Å². The molecule has 3 heterocycles. The first-order chi connectivity index (χ1) is 17.3. The Bertz CT molecular complexity index is 1200. The van der Waals surface area contributed by atoms with E-state index in [2.05, 4.69) is 0 Å². The summed E-state index contributed by atoms with van der Waals surface area (Å²) in [5.41, 5.74) is -4.83. The summed E-state index contributed by atoms with van der Waals surface area (Å²) in [5, 5.41) is 0. The number of piperazine rings is 1. The number of halogens is 6. The van der Waals surface area contributed by atoms with E-state index in [-0.39, 0.29) is 23.7 Å². The molecule has 2 bridgehead atoms. The van der Waals surface area contributed by atoms with Gasteiger partial charge in [0.05, 0.1) is 23.7 Å². The normalized spacial score (nSPS) is 24.9. The van der Waals surface area contributed by atoms with Gasteiger partial charge in [0.25, 0.3) is 11.7 Å². The monoisotopic (exact) mass is 530 g/mol. The van der Waals surface area contributed by atoms with Gasteiger partial charge in [-0.2, -0.15) is 26.3 Å². The first-order valence-electron chi connectivity index (χ1n) is 12.0. The molecule has 1 aromatic carbocycles. The molecule has 2 amide bonds. The maximum Gasteiger partial charge on any atom is 0.416 e. The molecular formula is C25H24F6N2O4. The third-order valence-electron chi connectivity index (χ3n) is 8.01. The number of hydrogen-bond donors (Lipinski definition) is 0. The van der Waals surface area contributed by atoms with Crippen molar-refractivity contribution in [1.82, 2.24) is 9.80 Å². The fourth-order valence-corrected chi connectivity index (χ4v) is 6.16. The number of alkyl halides is 6. The molecule has 4 aliphatic rings. The minimum absolute atomic E-state index is 0.0627. The van der Waals surface area contributed by atoms with E-state index >= 15 is 0 Å². The Kier molecular flexibility index (Phi) is 5.96. The van der Waals surface area contributed by atoms with E-state index in [0.717, 1.165) is 11.0 Å². The summed E-state index contributed by atoms with van der Waals surface area (Å²) in [6, 6.07) is -1.19. The average Bonchev–Trinajstić information content (AvgIpc) is 3.34. The number of carbonyl (C=O) groups excluding carboxylic acids is 3. The maximum absolute atomic E-state index is 13.8. The van der Waals surface area contributed by atoms with Crippen LogP contribution in [0, 0.1) is 0 Å². The summed E-state index contributed by atoms with van der Waals surface area (Å²) in [7, 11) is 1.34. The van der Waals surface area contributed by atoms with Crippen molar-refractivity contribution >= 4 is 23.7 Å². The fraction of sp³-hybridized carbons (Fsp3) is 0.560. The van der Waals surface area contributed by atoms with Gasteiger partial charge in [-0.25, -0.2) is 0 Å². The summed E-state index contributed by atoms with van der Waals surface area (Å²) >= 11 is 0. The molecule has 0 radical (unpaired) electrons. The number of nitrogens with zero attached hydrogens (tertiary/aromatic N) is 2. The minimum atomic E-state index is -5.07. The molecule has 3 aliphatic heterocycles. The van der Waals surface area contributed by atoms with Gasteiger partial charge < -0.3 is 14.5 Å². The van der Waals surface area contributed by atoms with Gasteiger partial charge in [0.1, 0.15) is 11.6 Å². The number of benzene rings is 1. The average molecular weight is 530 g/mol. The topological polar surface area (TPSA) is 66.9 Å². The summed E-state index contributed by atoms with van der Waals surface area (Å²) in [6.45, 7) is -0.571. The molecule has 0 spiro atoms. The number of hydrogen-bond acceptors (Lipinski definition) is 4. The van der Waals surface area contributed by atoms with Crippen LogP contribution in [0.2, 0.25) is 0 Å². The van der Waals surface area contributed by atoms with Crippen molar-refractivity contribution in [2.24, 2.45) is 0 Å². The van der Waals surface area contributed by atoms with E-state index in [9.17, 15) is 40.7 Å². The molecule has 1 aliphatic carbocycles. The molecule has 3 fully saturated rings. The van der Waals surface area contributed by atoms with E-state index < -0.39 is 70.9 Å². The van der Waals surface area contributed by atoms with Gasteiger partial charge in [0.2, 0.25) is 5.91 Å². The van der Waals surface area contributed by atoms with Crippen molar-refractivity contribution in [3.05, 3.63) is 40.1 Å². The Labute approximate surface area is 208 Å². The number of ketones is 1. The lowest BCUT2D eigenvalue weighted by Gasteiger charge is -2.52. The molecule has 12 heteroatoms. The Morgan fingerprint density at radius 2 is 1.62 bits per heavy atom. The zero-order chi connectivity index (χ0) is 26.9. The fourth-order valence-electron chi connectivity index (χ4n) is 6.16. The third-order valence-corrected chi connectivity index (χ3v) is 8.01. The highest BCUT2D eigenvalue weighted by Gasteiger charge is 2.54. The maximum atomic E-state index is 13.8. The Morgan fingerprint density at radius 3 is 2.22 bits per heavy atom. The van der Waals surface area contributed by atoms with Crippen molar-refractivity contribution in [3.63, 3.8) is 0 Å². The van der Waals surface area contributed by atoms with E-state index in [0.29, 0.717) is 44.6 Å². The third kappa shape index (κ3) is 4.04. The van der Waals surface area contributed by atoms with Gasteiger partial charge in [-0.3, -0.25) is 14.4 Å². The van der Waals surface area contributed by atoms with Gasteiger partial charge in [0, 0.05) is 12.8 Å². The molecule has 6 nitrogen and oxygen atoms in total. The number of rotatable bonds is 3. The van der Waals surface area contributed by atoms with Gasteiger partial charge in [-0.05, 0) is 74.3 Å². The summed E-state index contributed by atoms with van der Waals surface area (Å²) in [5.74, 6) is -2.33. The van der Waals surface area contributed by atoms with Crippen molar-refractivity contribution in [2.45, 2.75) is 81.5 Å². The van der Waals surface area contributed by atoms with Gasteiger partial charge in [0.15, 0.2) is 0 Å². The highest BCUT2D eigenvalue weighted by atomic mass is 19.4. The van der Waals surface area contributed by atoms with E-state index in [1.807, 2.05) is 0 Å². The number of ether oxygens (including phenoxy) is 1. The van der Waals surface area contributed by atoms with Gasteiger partial charge in [-0.15, -0.1) is 0 Å². The minimum Gasteiger partial charge on any atom is -0.370 e. The number of fused-ring (bicyclic) bond motifs is 5. The molecule has 1 saturated carbocycles. The second-order valence-electron chi connectivity index (χ2n) is 9.99.